The van der Waals surface area contributed by atoms with Crippen molar-refractivity contribution in [1.29, 1.82) is 0 Å². The maximum absolute atomic E-state index is 4.74. The van der Waals surface area contributed by atoms with Crippen molar-refractivity contribution in [2.75, 3.05) is 6.54 Å². The van der Waals surface area contributed by atoms with Crippen LogP contribution in [0.3, 0.4) is 0 Å². The van der Waals surface area contributed by atoms with Gasteiger partial charge in [-0.3, -0.25) is 4.98 Å². The molecule has 0 amide bonds. The van der Waals surface area contributed by atoms with Crippen LogP contribution in [0.25, 0.3) is 0 Å². The minimum absolute atomic E-state index is 0.463. The third-order valence-electron chi connectivity index (χ3n) is 3.96. The van der Waals surface area contributed by atoms with Crippen molar-refractivity contribution in [3.63, 3.8) is 0 Å². The minimum atomic E-state index is 0.463. The molecule has 1 unspecified atom stereocenters. The number of nitrogens with one attached hydrogen (secondary N) is 1. The molecular formula is C16H26N2. The van der Waals surface area contributed by atoms with Crippen molar-refractivity contribution in [2.45, 2.75) is 58.4 Å². The lowest BCUT2D eigenvalue weighted by Crippen LogP contribution is -2.31. The second-order valence-corrected chi connectivity index (χ2v) is 5.53. The van der Waals surface area contributed by atoms with E-state index in [-0.39, 0.29) is 0 Å². The molecule has 1 aromatic heterocycles. The summed E-state index contributed by atoms with van der Waals surface area (Å²) in [7, 11) is 0. The fourth-order valence-corrected chi connectivity index (χ4v) is 3.02. The van der Waals surface area contributed by atoms with Gasteiger partial charge in [-0.25, -0.2) is 0 Å². The highest BCUT2D eigenvalue weighted by Crippen LogP contribution is 2.33. The Kier molecular flexibility index (Phi) is 5.18. The molecule has 0 spiro atoms. The molecule has 2 heteroatoms. The van der Waals surface area contributed by atoms with Crippen LogP contribution in [0.4, 0.5) is 0 Å². The molecule has 1 saturated carbocycles. The third-order valence-corrected chi connectivity index (χ3v) is 3.96. The Morgan fingerprint density at radius 1 is 1.28 bits per heavy atom. The lowest BCUT2D eigenvalue weighted by molar-refractivity contribution is 0.268. The summed E-state index contributed by atoms with van der Waals surface area (Å²) in [6, 6.07) is 6.88. The number of nitrogens with zero attached hydrogens (tertiary/aromatic N) is 1. The first-order valence-electron chi connectivity index (χ1n) is 7.48. The number of hydrogen-bond donors (Lipinski definition) is 1. The molecule has 0 radical (unpaired) electrons. The summed E-state index contributed by atoms with van der Waals surface area (Å²) in [4.78, 5) is 4.74. The minimum Gasteiger partial charge on any atom is -0.308 e. The number of pyridine rings is 1. The molecule has 2 rings (SSSR count). The van der Waals surface area contributed by atoms with Gasteiger partial charge in [-0.15, -0.1) is 0 Å². The van der Waals surface area contributed by atoms with Gasteiger partial charge in [-0.2, -0.15) is 0 Å². The zero-order valence-electron chi connectivity index (χ0n) is 11.8. The van der Waals surface area contributed by atoms with Crippen molar-refractivity contribution >= 4 is 0 Å². The van der Waals surface area contributed by atoms with Gasteiger partial charge >= 0.3 is 0 Å². The Labute approximate surface area is 111 Å². The predicted octanol–water partition coefficient (Wildman–Crippen LogP) is 4.01. The number of aromatic nitrogens is 1. The van der Waals surface area contributed by atoms with Crippen LogP contribution in [0.2, 0.25) is 0 Å². The molecule has 0 aliphatic heterocycles. The van der Waals surface area contributed by atoms with Crippen LogP contribution in [0, 0.1) is 12.8 Å². The van der Waals surface area contributed by atoms with E-state index in [2.05, 4.69) is 37.4 Å². The second kappa shape index (κ2) is 6.89. The molecule has 100 valence electrons. The van der Waals surface area contributed by atoms with Gasteiger partial charge in [-0.1, -0.05) is 32.3 Å². The predicted molar refractivity (Wildman–Crippen MR) is 76.6 cm³/mol. The highest BCUT2D eigenvalue weighted by molar-refractivity contribution is 5.14. The fourth-order valence-electron chi connectivity index (χ4n) is 3.02. The van der Waals surface area contributed by atoms with Crippen LogP contribution in [-0.2, 0) is 0 Å². The molecule has 1 aliphatic carbocycles. The Bertz CT molecular complexity index is 356. The summed E-state index contributed by atoms with van der Waals surface area (Å²) < 4.78 is 0. The van der Waals surface area contributed by atoms with Gasteiger partial charge in [-0.05, 0) is 50.8 Å². The normalized spacial score (nSPS) is 18.8. The summed E-state index contributed by atoms with van der Waals surface area (Å²) in [5.41, 5.74) is 2.38. The second-order valence-electron chi connectivity index (χ2n) is 5.53. The van der Waals surface area contributed by atoms with E-state index < -0.39 is 0 Å². The molecule has 0 saturated heterocycles. The molecule has 1 heterocycles. The van der Waals surface area contributed by atoms with Gasteiger partial charge in [0.05, 0.1) is 11.7 Å². The van der Waals surface area contributed by atoms with Gasteiger partial charge in [0.25, 0.3) is 0 Å². The molecule has 1 aromatic rings. The number of rotatable bonds is 5. The van der Waals surface area contributed by atoms with E-state index in [0.29, 0.717) is 6.04 Å². The molecule has 0 bridgehead atoms. The van der Waals surface area contributed by atoms with Crippen LogP contribution in [0.5, 0.6) is 0 Å². The van der Waals surface area contributed by atoms with Crippen LogP contribution in [-0.4, -0.2) is 11.5 Å². The Hall–Kier alpha value is -0.890. The van der Waals surface area contributed by atoms with E-state index in [0.717, 1.165) is 18.2 Å². The molecular weight excluding hydrogens is 220 g/mol. The molecule has 1 fully saturated rings. The smallest absolute Gasteiger partial charge is 0.0579 e. The molecule has 1 atom stereocenters. The fraction of sp³-hybridized carbons (Fsp3) is 0.688. The van der Waals surface area contributed by atoms with Crippen molar-refractivity contribution < 1.29 is 0 Å². The summed E-state index contributed by atoms with van der Waals surface area (Å²) in [5, 5.41) is 3.72. The van der Waals surface area contributed by atoms with E-state index >= 15 is 0 Å². The third kappa shape index (κ3) is 3.55. The highest BCUT2D eigenvalue weighted by Gasteiger charge is 2.25. The number of aryl methyl sites for hydroxylation is 1. The molecule has 18 heavy (non-hydrogen) atoms. The van der Waals surface area contributed by atoms with Crippen molar-refractivity contribution in [3.05, 3.63) is 29.6 Å². The van der Waals surface area contributed by atoms with Crippen molar-refractivity contribution in [3.8, 4) is 0 Å². The lowest BCUT2D eigenvalue weighted by Gasteiger charge is -2.31. The van der Waals surface area contributed by atoms with E-state index in [1.54, 1.807) is 0 Å². The first-order valence-corrected chi connectivity index (χ1v) is 7.48. The maximum Gasteiger partial charge on any atom is 0.0579 e. The Morgan fingerprint density at radius 2 is 2.06 bits per heavy atom. The molecule has 0 aromatic carbocycles. The monoisotopic (exact) mass is 246 g/mol. The zero-order chi connectivity index (χ0) is 12.8. The van der Waals surface area contributed by atoms with E-state index in [9.17, 15) is 0 Å². The van der Waals surface area contributed by atoms with Gasteiger partial charge < -0.3 is 5.32 Å². The topological polar surface area (TPSA) is 24.9 Å². The molecule has 1 aliphatic rings. The van der Waals surface area contributed by atoms with Crippen LogP contribution in [0.1, 0.15) is 62.9 Å². The van der Waals surface area contributed by atoms with Crippen molar-refractivity contribution in [1.82, 2.24) is 10.3 Å². The van der Waals surface area contributed by atoms with E-state index in [1.165, 1.54) is 44.2 Å². The zero-order valence-corrected chi connectivity index (χ0v) is 11.8. The van der Waals surface area contributed by atoms with Crippen LogP contribution >= 0.6 is 0 Å². The number of hydrogen-bond acceptors (Lipinski definition) is 2. The highest BCUT2D eigenvalue weighted by atomic mass is 14.9. The average molecular weight is 246 g/mol. The average Bonchev–Trinajstić information content (AvgIpc) is 2.40. The van der Waals surface area contributed by atoms with Crippen LogP contribution < -0.4 is 5.32 Å². The molecule has 2 nitrogen and oxygen atoms in total. The summed E-state index contributed by atoms with van der Waals surface area (Å²) in [6.07, 6.45) is 8.10. The van der Waals surface area contributed by atoms with E-state index in [4.69, 9.17) is 4.98 Å². The van der Waals surface area contributed by atoms with Gasteiger partial charge in [0.1, 0.15) is 0 Å². The van der Waals surface area contributed by atoms with Gasteiger partial charge in [0.2, 0.25) is 0 Å². The Morgan fingerprint density at radius 3 is 2.72 bits per heavy atom. The SMILES string of the molecule is CCCNC(c1cccc(C)n1)C1CCCCC1. The lowest BCUT2D eigenvalue weighted by atomic mass is 9.82. The summed E-state index contributed by atoms with van der Waals surface area (Å²) in [6.45, 7) is 5.41. The quantitative estimate of drug-likeness (QED) is 0.849. The van der Waals surface area contributed by atoms with Gasteiger partial charge in [0.15, 0.2) is 0 Å². The largest absolute Gasteiger partial charge is 0.308 e. The maximum atomic E-state index is 4.74. The van der Waals surface area contributed by atoms with Crippen molar-refractivity contribution in [2.24, 2.45) is 5.92 Å². The molecule has 1 N–H and O–H groups in total. The summed E-state index contributed by atoms with van der Waals surface area (Å²) >= 11 is 0. The first kappa shape index (κ1) is 13.5. The first-order chi connectivity index (χ1) is 8.81. The summed E-state index contributed by atoms with van der Waals surface area (Å²) in [5.74, 6) is 0.777. The van der Waals surface area contributed by atoms with E-state index in [1.807, 2.05) is 0 Å². The standard InChI is InChI=1S/C16H26N2/c1-3-12-17-16(14-9-5-4-6-10-14)15-11-7-8-13(2)18-15/h7-8,11,14,16-17H,3-6,9-10,12H2,1-2H3. The Balaban J connectivity index is 2.12. The van der Waals surface area contributed by atoms with Crippen LogP contribution in [0.15, 0.2) is 18.2 Å². The van der Waals surface area contributed by atoms with Gasteiger partial charge in [0, 0.05) is 5.69 Å².